The number of likely N-dealkylation sites (N-methyl/N-ethyl adjacent to an activating group) is 1. The summed E-state index contributed by atoms with van der Waals surface area (Å²) in [4.78, 5) is 4.61. The summed E-state index contributed by atoms with van der Waals surface area (Å²) in [5.41, 5.74) is 7.17. The second-order valence-corrected chi connectivity index (χ2v) is 7.70. The summed E-state index contributed by atoms with van der Waals surface area (Å²) in [5, 5.41) is 0. The molecule has 1 aliphatic rings. The number of rotatable bonds is 4. The van der Waals surface area contributed by atoms with Crippen molar-refractivity contribution in [2.75, 3.05) is 44.9 Å². The third-order valence-electron chi connectivity index (χ3n) is 4.15. The van der Waals surface area contributed by atoms with Gasteiger partial charge in [0.25, 0.3) is 0 Å². The quantitative estimate of drug-likeness (QED) is 0.795. The van der Waals surface area contributed by atoms with Crippen LogP contribution in [0.1, 0.15) is 6.92 Å². The Morgan fingerprint density at radius 1 is 1.33 bits per heavy atom. The molecule has 0 bridgehead atoms. The first-order valence-electron chi connectivity index (χ1n) is 7.00. The standard InChI is InChI=1S/C14H24N4O2S/c1-10-8-18(9-13(10)17(3)4)11-5-6-14(12(15)7-11)21(19,20)16-2/h5-7,10,13,16H,8-9,15H2,1-4H3. The Hall–Kier alpha value is -1.31. The number of nitrogens with zero attached hydrogens (tertiary/aromatic N) is 2. The SMILES string of the molecule is CNS(=O)(=O)c1ccc(N2CC(C)C(N(C)C)C2)cc1N. The number of anilines is 2. The Labute approximate surface area is 127 Å². The molecule has 7 heteroatoms. The second kappa shape index (κ2) is 5.82. The molecule has 0 spiro atoms. The third-order valence-corrected chi connectivity index (χ3v) is 5.64. The van der Waals surface area contributed by atoms with Crippen molar-refractivity contribution in [3.05, 3.63) is 18.2 Å². The van der Waals surface area contributed by atoms with Crippen molar-refractivity contribution < 1.29 is 8.42 Å². The highest BCUT2D eigenvalue weighted by molar-refractivity contribution is 7.89. The summed E-state index contributed by atoms with van der Waals surface area (Å²) in [5.74, 6) is 0.557. The molecular weight excluding hydrogens is 288 g/mol. The second-order valence-electron chi connectivity index (χ2n) is 5.84. The van der Waals surface area contributed by atoms with Crippen LogP contribution < -0.4 is 15.4 Å². The zero-order chi connectivity index (χ0) is 15.8. The molecule has 0 aromatic heterocycles. The third kappa shape index (κ3) is 3.14. The molecule has 2 rings (SSSR count). The van der Waals surface area contributed by atoms with E-state index < -0.39 is 10.0 Å². The van der Waals surface area contributed by atoms with E-state index in [1.54, 1.807) is 12.1 Å². The molecule has 1 aliphatic heterocycles. The van der Waals surface area contributed by atoms with E-state index in [4.69, 9.17) is 5.73 Å². The first kappa shape index (κ1) is 16.1. The lowest BCUT2D eigenvalue weighted by atomic mass is 10.1. The Bertz CT molecular complexity index is 615. The topological polar surface area (TPSA) is 78.7 Å². The summed E-state index contributed by atoms with van der Waals surface area (Å²) in [6.07, 6.45) is 0. The lowest BCUT2D eigenvalue weighted by Crippen LogP contribution is -2.34. The van der Waals surface area contributed by atoms with Crippen molar-refractivity contribution >= 4 is 21.4 Å². The van der Waals surface area contributed by atoms with Gasteiger partial charge in [0.15, 0.2) is 0 Å². The van der Waals surface area contributed by atoms with Crippen molar-refractivity contribution in [2.24, 2.45) is 5.92 Å². The monoisotopic (exact) mass is 312 g/mol. The van der Waals surface area contributed by atoms with Gasteiger partial charge in [0.05, 0.1) is 5.69 Å². The lowest BCUT2D eigenvalue weighted by molar-refractivity contribution is 0.266. The fourth-order valence-electron chi connectivity index (χ4n) is 2.92. The van der Waals surface area contributed by atoms with E-state index in [-0.39, 0.29) is 10.6 Å². The van der Waals surface area contributed by atoms with Crippen molar-refractivity contribution in [2.45, 2.75) is 17.9 Å². The highest BCUT2D eigenvalue weighted by Crippen LogP contribution is 2.29. The van der Waals surface area contributed by atoms with Gasteiger partial charge in [0.2, 0.25) is 10.0 Å². The van der Waals surface area contributed by atoms with E-state index in [1.165, 1.54) is 7.05 Å². The summed E-state index contributed by atoms with van der Waals surface area (Å²) >= 11 is 0. The maximum atomic E-state index is 11.8. The minimum atomic E-state index is -3.51. The molecule has 0 saturated carbocycles. The van der Waals surface area contributed by atoms with Crippen LogP contribution in [0.3, 0.4) is 0 Å². The van der Waals surface area contributed by atoms with Crippen LogP contribution in [0, 0.1) is 5.92 Å². The summed E-state index contributed by atoms with van der Waals surface area (Å²) in [6.45, 7) is 4.10. The van der Waals surface area contributed by atoms with Gasteiger partial charge in [0.1, 0.15) is 4.90 Å². The van der Waals surface area contributed by atoms with Gasteiger partial charge in [-0.15, -0.1) is 0 Å². The highest BCUT2D eigenvalue weighted by Gasteiger charge is 2.31. The first-order chi connectivity index (χ1) is 9.76. The van der Waals surface area contributed by atoms with Gasteiger partial charge in [-0.3, -0.25) is 0 Å². The van der Waals surface area contributed by atoms with Crippen LogP contribution in [0.5, 0.6) is 0 Å². The average Bonchev–Trinajstić information content (AvgIpc) is 2.80. The number of hydrogen-bond donors (Lipinski definition) is 2. The number of benzene rings is 1. The Morgan fingerprint density at radius 2 is 2.00 bits per heavy atom. The molecule has 1 aromatic carbocycles. The predicted molar refractivity (Wildman–Crippen MR) is 86.0 cm³/mol. The highest BCUT2D eigenvalue weighted by atomic mass is 32.2. The Morgan fingerprint density at radius 3 is 2.48 bits per heavy atom. The molecule has 1 fully saturated rings. The zero-order valence-corrected chi connectivity index (χ0v) is 13.8. The number of hydrogen-bond acceptors (Lipinski definition) is 5. The zero-order valence-electron chi connectivity index (χ0n) is 13.0. The fraction of sp³-hybridized carbons (Fsp3) is 0.571. The Kier molecular flexibility index (Phi) is 4.46. The molecule has 0 amide bonds. The maximum Gasteiger partial charge on any atom is 0.242 e. The van der Waals surface area contributed by atoms with Crippen LogP contribution in [0.4, 0.5) is 11.4 Å². The van der Waals surface area contributed by atoms with Crippen LogP contribution in [0.2, 0.25) is 0 Å². The van der Waals surface area contributed by atoms with Gasteiger partial charge in [-0.2, -0.15) is 0 Å². The number of sulfonamides is 1. The van der Waals surface area contributed by atoms with Gasteiger partial charge >= 0.3 is 0 Å². The van der Waals surface area contributed by atoms with E-state index >= 15 is 0 Å². The summed E-state index contributed by atoms with van der Waals surface area (Å²) in [7, 11) is 2.05. The minimum Gasteiger partial charge on any atom is -0.398 e. The van der Waals surface area contributed by atoms with Gasteiger partial charge in [-0.05, 0) is 45.3 Å². The number of nitrogens with one attached hydrogen (secondary N) is 1. The van der Waals surface area contributed by atoms with Crippen LogP contribution in [0.25, 0.3) is 0 Å². The van der Waals surface area contributed by atoms with Crippen LogP contribution in [-0.4, -0.2) is 53.6 Å². The molecule has 3 N–H and O–H groups in total. The van der Waals surface area contributed by atoms with Crippen LogP contribution >= 0.6 is 0 Å². The van der Waals surface area contributed by atoms with E-state index in [0.717, 1.165) is 18.8 Å². The largest absolute Gasteiger partial charge is 0.398 e. The first-order valence-corrected chi connectivity index (χ1v) is 8.49. The van der Waals surface area contributed by atoms with Gasteiger partial charge in [0, 0.05) is 24.8 Å². The predicted octanol–water partition coefficient (Wildman–Crippen LogP) is 0.563. The molecule has 21 heavy (non-hydrogen) atoms. The maximum absolute atomic E-state index is 11.8. The lowest BCUT2D eigenvalue weighted by Gasteiger charge is -2.23. The molecular formula is C14H24N4O2S. The van der Waals surface area contributed by atoms with Crippen LogP contribution in [-0.2, 0) is 10.0 Å². The summed E-state index contributed by atoms with van der Waals surface area (Å²) in [6, 6.07) is 5.64. The molecule has 2 atom stereocenters. The minimum absolute atomic E-state index is 0.130. The van der Waals surface area contributed by atoms with Crippen molar-refractivity contribution in [1.82, 2.24) is 9.62 Å². The average molecular weight is 312 g/mol. The molecule has 0 radical (unpaired) electrons. The van der Waals surface area contributed by atoms with Crippen molar-refractivity contribution in [3.63, 3.8) is 0 Å². The molecule has 1 saturated heterocycles. The molecule has 0 aliphatic carbocycles. The van der Waals surface area contributed by atoms with E-state index in [2.05, 4.69) is 35.5 Å². The Balaban J connectivity index is 2.26. The molecule has 118 valence electrons. The molecule has 2 unspecified atom stereocenters. The normalized spacial score (nSPS) is 23.0. The number of nitrogens with two attached hydrogens (primary N) is 1. The van der Waals surface area contributed by atoms with Crippen LogP contribution in [0.15, 0.2) is 23.1 Å². The molecule has 6 nitrogen and oxygen atoms in total. The van der Waals surface area contributed by atoms with Crippen molar-refractivity contribution in [3.8, 4) is 0 Å². The van der Waals surface area contributed by atoms with Gasteiger partial charge < -0.3 is 15.5 Å². The van der Waals surface area contributed by atoms with E-state index in [0.29, 0.717) is 12.0 Å². The molecule has 1 heterocycles. The van der Waals surface area contributed by atoms with E-state index in [9.17, 15) is 8.42 Å². The smallest absolute Gasteiger partial charge is 0.242 e. The fourth-order valence-corrected chi connectivity index (χ4v) is 3.76. The van der Waals surface area contributed by atoms with Crippen molar-refractivity contribution in [1.29, 1.82) is 0 Å². The van der Waals surface area contributed by atoms with Gasteiger partial charge in [-0.1, -0.05) is 6.92 Å². The summed E-state index contributed by atoms with van der Waals surface area (Å²) < 4.78 is 26.0. The van der Waals surface area contributed by atoms with E-state index in [1.807, 2.05) is 6.07 Å². The molecule has 1 aromatic rings. The van der Waals surface area contributed by atoms with Gasteiger partial charge in [-0.25, -0.2) is 13.1 Å². The number of nitrogen functional groups attached to an aromatic ring is 1.